The lowest BCUT2D eigenvalue weighted by molar-refractivity contribution is 0.223. The number of fused-ring (bicyclic) bond motifs is 2. The zero-order valence-corrected chi connectivity index (χ0v) is 20.2. The first-order valence-corrected chi connectivity index (χ1v) is 11.8. The van der Waals surface area contributed by atoms with Gasteiger partial charge in [0.05, 0.1) is 11.0 Å². The van der Waals surface area contributed by atoms with Crippen molar-refractivity contribution in [1.82, 2.24) is 14.4 Å². The highest BCUT2D eigenvalue weighted by atomic mass is 16.5. The van der Waals surface area contributed by atoms with Crippen LogP contribution in [0.2, 0.25) is 0 Å². The van der Waals surface area contributed by atoms with Crippen molar-refractivity contribution in [2.75, 3.05) is 52.5 Å². The Balaban J connectivity index is 1.83. The van der Waals surface area contributed by atoms with E-state index in [1.807, 2.05) is 43.4 Å². The van der Waals surface area contributed by atoms with Crippen LogP contribution >= 0.6 is 0 Å². The van der Waals surface area contributed by atoms with Crippen molar-refractivity contribution < 1.29 is 9.47 Å². The number of hydrogen-bond donors (Lipinski definition) is 0. The molecule has 0 spiro atoms. The van der Waals surface area contributed by atoms with Gasteiger partial charge in [-0.15, -0.1) is 0 Å². The second kappa shape index (κ2) is 11.3. The van der Waals surface area contributed by atoms with Crippen molar-refractivity contribution in [3.05, 3.63) is 46.6 Å². The molecule has 0 N–H and O–H groups in total. The highest BCUT2D eigenvalue weighted by molar-refractivity contribution is 5.94. The molecule has 1 aromatic heterocycles. The van der Waals surface area contributed by atoms with Crippen LogP contribution in [-0.2, 0) is 7.05 Å². The second-order valence-corrected chi connectivity index (χ2v) is 8.00. The summed E-state index contributed by atoms with van der Waals surface area (Å²) in [5.41, 5.74) is 1.79. The van der Waals surface area contributed by atoms with Gasteiger partial charge in [0.1, 0.15) is 24.7 Å². The molecule has 0 bridgehead atoms. The predicted molar refractivity (Wildman–Crippen MR) is 133 cm³/mol. The zero-order valence-electron chi connectivity index (χ0n) is 20.2. The van der Waals surface area contributed by atoms with Gasteiger partial charge in [-0.2, -0.15) is 0 Å². The van der Waals surface area contributed by atoms with Crippen molar-refractivity contribution in [2.24, 2.45) is 7.05 Å². The van der Waals surface area contributed by atoms with E-state index in [1.165, 1.54) is 0 Å². The molecule has 2 aromatic carbocycles. The molecule has 0 radical (unpaired) electrons. The van der Waals surface area contributed by atoms with Crippen LogP contribution < -0.4 is 14.9 Å². The van der Waals surface area contributed by atoms with E-state index in [-0.39, 0.29) is 5.43 Å². The van der Waals surface area contributed by atoms with Gasteiger partial charge >= 0.3 is 0 Å². The molecule has 0 fully saturated rings. The first kappa shape index (κ1) is 24.1. The van der Waals surface area contributed by atoms with Gasteiger partial charge in [0.2, 0.25) is 0 Å². The number of ether oxygens (including phenoxy) is 2. The van der Waals surface area contributed by atoms with E-state index in [4.69, 9.17) is 9.47 Å². The normalized spacial score (nSPS) is 11.7. The molecular weight excluding hydrogens is 402 g/mol. The summed E-state index contributed by atoms with van der Waals surface area (Å²) in [5, 5.41) is 1.37. The maximum atomic E-state index is 13.2. The maximum absolute atomic E-state index is 13.2. The Morgan fingerprint density at radius 3 is 1.81 bits per heavy atom. The van der Waals surface area contributed by atoms with Crippen molar-refractivity contribution >= 4 is 21.8 Å². The van der Waals surface area contributed by atoms with Crippen molar-refractivity contribution in [3.63, 3.8) is 0 Å². The summed E-state index contributed by atoms with van der Waals surface area (Å²) in [4.78, 5) is 17.9. The molecule has 1 heterocycles. The summed E-state index contributed by atoms with van der Waals surface area (Å²) < 4.78 is 14.0. The Morgan fingerprint density at radius 2 is 1.25 bits per heavy atom. The van der Waals surface area contributed by atoms with E-state index in [9.17, 15) is 4.79 Å². The molecule has 32 heavy (non-hydrogen) atoms. The second-order valence-electron chi connectivity index (χ2n) is 8.00. The third-order valence-corrected chi connectivity index (χ3v) is 6.29. The highest BCUT2D eigenvalue weighted by Gasteiger charge is 2.11. The van der Waals surface area contributed by atoms with Crippen LogP contribution in [0, 0.1) is 0 Å². The van der Waals surface area contributed by atoms with E-state index in [2.05, 4.69) is 42.1 Å². The number of likely N-dealkylation sites (N-methyl/N-ethyl adjacent to an activating group) is 2. The summed E-state index contributed by atoms with van der Waals surface area (Å²) in [6, 6.07) is 11.5. The van der Waals surface area contributed by atoms with Crippen molar-refractivity contribution in [1.29, 1.82) is 0 Å². The van der Waals surface area contributed by atoms with Crippen LogP contribution in [0.25, 0.3) is 21.8 Å². The fraction of sp³-hybridized carbons (Fsp3) is 0.500. The molecule has 0 aliphatic rings. The Hall–Kier alpha value is -2.57. The topological polar surface area (TPSA) is 46.9 Å². The molecule has 0 saturated heterocycles. The van der Waals surface area contributed by atoms with Gasteiger partial charge in [-0.25, -0.2) is 0 Å². The molecule has 0 aliphatic carbocycles. The van der Waals surface area contributed by atoms with E-state index in [0.717, 1.165) is 61.8 Å². The van der Waals surface area contributed by atoms with E-state index >= 15 is 0 Å². The lowest BCUT2D eigenvalue weighted by atomic mass is 10.1. The first-order chi connectivity index (χ1) is 15.5. The molecular formula is C26H37N3O3. The molecule has 6 nitrogen and oxygen atoms in total. The monoisotopic (exact) mass is 439 g/mol. The molecule has 3 aromatic rings. The van der Waals surface area contributed by atoms with Crippen molar-refractivity contribution in [3.8, 4) is 11.5 Å². The molecule has 0 unspecified atom stereocenters. The zero-order chi connectivity index (χ0) is 23.1. The average molecular weight is 440 g/mol. The quantitative estimate of drug-likeness (QED) is 0.397. The minimum Gasteiger partial charge on any atom is -0.492 e. The number of hydrogen-bond acceptors (Lipinski definition) is 5. The van der Waals surface area contributed by atoms with Crippen LogP contribution in [0.1, 0.15) is 27.7 Å². The largest absolute Gasteiger partial charge is 0.492 e. The summed E-state index contributed by atoms with van der Waals surface area (Å²) in [6.45, 7) is 15.6. The predicted octanol–water partition coefficient (Wildman–Crippen LogP) is 4.13. The molecule has 0 aliphatic heterocycles. The molecule has 3 rings (SSSR count). The van der Waals surface area contributed by atoms with E-state index in [1.54, 1.807) is 0 Å². The van der Waals surface area contributed by atoms with Gasteiger partial charge in [-0.3, -0.25) is 4.79 Å². The third kappa shape index (κ3) is 5.43. The molecule has 0 amide bonds. The Morgan fingerprint density at radius 1 is 0.719 bits per heavy atom. The smallest absolute Gasteiger partial charge is 0.197 e. The van der Waals surface area contributed by atoms with E-state index in [0.29, 0.717) is 24.0 Å². The van der Waals surface area contributed by atoms with Crippen LogP contribution in [0.3, 0.4) is 0 Å². The fourth-order valence-corrected chi connectivity index (χ4v) is 4.09. The van der Waals surface area contributed by atoms with Crippen LogP contribution in [0.5, 0.6) is 11.5 Å². The van der Waals surface area contributed by atoms with E-state index < -0.39 is 0 Å². The Labute approximate surface area is 191 Å². The number of pyridine rings is 1. The molecule has 6 heteroatoms. The van der Waals surface area contributed by atoms with Crippen LogP contribution in [0.4, 0.5) is 0 Å². The molecule has 0 atom stereocenters. The average Bonchev–Trinajstić information content (AvgIpc) is 2.83. The SMILES string of the molecule is CCN(CC)CCOc1ccc2c(c1)c(=O)c1ccc(OCCN(CC)CC)cc1n2C. The fourth-order valence-electron chi connectivity index (χ4n) is 4.09. The summed E-state index contributed by atoms with van der Waals surface area (Å²) in [5.74, 6) is 1.52. The number of benzene rings is 2. The lowest BCUT2D eigenvalue weighted by Gasteiger charge is -2.19. The van der Waals surface area contributed by atoms with Gasteiger partial charge < -0.3 is 23.8 Å². The van der Waals surface area contributed by atoms with Crippen LogP contribution in [-0.4, -0.2) is 66.8 Å². The maximum Gasteiger partial charge on any atom is 0.197 e. The number of rotatable bonds is 12. The number of aryl methyl sites for hydroxylation is 1. The van der Waals surface area contributed by atoms with Gasteiger partial charge in [0.15, 0.2) is 5.43 Å². The summed E-state index contributed by atoms with van der Waals surface area (Å²) in [6.07, 6.45) is 0. The van der Waals surface area contributed by atoms with Gasteiger partial charge in [0, 0.05) is 37.0 Å². The minimum absolute atomic E-state index is 0.0250. The van der Waals surface area contributed by atoms with Crippen LogP contribution in [0.15, 0.2) is 41.2 Å². The minimum atomic E-state index is 0.0250. The van der Waals surface area contributed by atoms with Crippen molar-refractivity contribution in [2.45, 2.75) is 27.7 Å². The summed E-state index contributed by atoms with van der Waals surface area (Å²) in [7, 11) is 1.99. The number of nitrogens with zero attached hydrogens (tertiary/aromatic N) is 3. The molecule has 0 saturated carbocycles. The lowest BCUT2D eigenvalue weighted by Crippen LogP contribution is -2.27. The van der Waals surface area contributed by atoms with Gasteiger partial charge in [0.25, 0.3) is 0 Å². The Bertz CT molecular complexity index is 1090. The first-order valence-electron chi connectivity index (χ1n) is 11.8. The van der Waals surface area contributed by atoms with Gasteiger partial charge in [-0.1, -0.05) is 27.7 Å². The van der Waals surface area contributed by atoms with Gasteiger partial charge in [-0.05, 0) is 56.5 Å². The summed E-state index contributed by atoms with van der Waals surface area (Å²) >= 11 is 0. The molecule has 174 valence electrons. The third-order valence-electron chi connectivity index (χ3n) is 6.29. The highest BCUT2D eigenvalue weighted by Crippen LogP contribution is 2.25. The standard InChI is InChI=1S/C26H37N3O3/c1-6-28(7-2)14-16-31-20-11-13-24-23(18-20)26(30)22-12-10-21(19-25(22)27(24)5)32-17-15-29(8-3)9-4/h10-13,18-19H,6-9,14-17H2,1-5H3. The number of aromatic nitrogens is 1. The Kier molecular flexibility index (Phi) is 8.53.